The van der Waals surface area contributed by atoms with E-state index in [0.29, 0.717) is 5.02 Å². The highest BCUT2D eigenvalue weighted by Gasteiger charge is 2.20. The molecule has 2 aromatic rings. The van der Waals surface area contributed by atoms with Crippen LogP contribution in [0.5, 0.6) is 0 Å². The van der Waals surface area contributed by atoms with Gasteiger partial charge in [-0.25, -0.2) is 9.37 Å². The number of hydrogen-bond donors (Lipinski definition) is 2. The number of rotatable bonds is 3. The fourth-order valence-corrected chi connectivity index (χ4v) is 2.56. The second-order valence-corrected chi connectivity index (χ2v) is 5.64. The van der Waals surface area contributed by atoms with E-state index in [2.05, 4.69) is 9.71 Å². The molecule has 0 radical (unpaired) electrons. The average molecular weight is 302 g/mol. The summed E-state index contributed by atoms with van der Waals surface area (Å²) in [7, 11) is -4.11. The number of sulfonamides is 1. The number of benzene rings is 1. The largest absolute Gasteiger partial charge is 0.397 e. The minimum absolute atomic E-state index is 0.173. The highest BCUT2D eigenvalue weighted by Crippen LogP contribution is 2.24. The third-order valence-corrected chi connectivity index (χ3v) is 3.89. The van der Waals surface area contributed by atoms with Crippen LogP contribution in [0.1, 0.15) is 0 Å². The maximum Gasteiger partial charge on any atom is 0.282 e. The molecule has 0 saturated carbocycles. The summed E-state index contributed by atoms with van der Waals surface area (Å²) in [5.74, 6) is -0.933. The molecule has 1 aromatic carbocycles. The van der Waals surface area contributed by atoms with Crippen LogP contribution in [0.25, 0.3) is 0 Å². The minimum Gasteiger partial charge on any atom is -0.397 e. The van der Waals surface area contributed by atoms with Crippen LogP contribution in [0.3, 0.4) is 0 Å². The van der Waals surface area contributed by atoms with E-state index < -0.39 is 20.9 Å². The van der Waals surface area contributed by atoms with E-state index in [9.17, 15) is 12.8 Å². The Morgan fingerprint density at radius 2 is 2.05 bits per heavy atom. The van der Waals surface area contributed by atoms with Gasteiger partial charge in [0.15, 0.2) is 5.82 Å². The normalized spacial score (nSPS) is 11.3. The molecular weight excluding hydrogens is 293 g/mol. The third kappa shape index (κ3) is 2.94. The molecule has 8 heteroatoms. The van der Waals surface area contributed by atoms with Crippen molar-refractivity contribution in [1.29, 1.82) is 0 Å². The fraction of sp³-hybridized carbons (Fsp3) is 0. The molecule has 0 aliphatic carbocycles. The zero-order chi connectivity index (χ0) is 14.0. The van der Waals surface area contributed by atoms with Crippen LogP contribution in [0.4, 0.5) is 15.8 Å². The Hall–Kier alpha value is -1.86. The number of aromatic nitrogens is 1. The van der Waals surface area contributed by atoms with Gasteiger partial charge in [0.1, 0.15) is 0 Å². The van der Waals surface area contributed by atoms with Crippen LogP contribution in [-0.4, -0.2) is 13.4 Å². The highest BCUT2D eigenvalue weighted by molar-refractivity contribution is 7.92. The summed E-state index contributed by atoms with van der Waals surface area (Å²) in [6.45, 7) is 0. The summed E-state index contributed by atoms with van der Waals surface area (Å²) in [5.41, 5.74) is 5.94. The van der Waals surface area contributed by atoms with Crippen molar-refractivity contribution in [2.45, 2.75) is 5.03 Å². The van der Waals surface area contributed by atoms with Gasteiger partial charge in [-0.2, -0.15) is 8.42 Å². The SMILES string of the molecule is Nc1cc(NS(=O)(=O)c2ncccc2F)ccc1Cl. The molecule has 2 rings (SSSR count). The molecule has 0 atom stereocenters. The standard InChI is InChI=1S/C11H9ClFN3O2S/c12-8-4-3-7(6-10(8)14)16-19(17,18)11-9(13)2-1-5-15-11/h1-6,16H,14H2. The number of anilines is 2. The van der Waals surface area contributed by atoms with Crippen LogP contribution >= 0.6 is 11.6 Å². The Morgan fingerprint density at radius 1 is 1.32 bits per heavy atom. The first-order valence-corrected chi connectivity index (χ1v) is 6.94. The van der Waals surface area contributed by atoms with Crippen LogP contribution < -0.4 is 10.5 Å². The maximum absolute atomic E-state index is 13.4. The zero-order valence-corrected chi connectivity index (χ0v) is 11.0. The number of nitrogens with two attached hydrogens (primary N) is 1. The quantitative estimate of drug-likeness (QED) is 0.852. The Kier molecular flexibility index (Phi) is 3.59. The van der Waals surface area contributed by atoms with Crippen molar-refractivity contribution in [3.05, 3.63) is 47.4 Å². The van der Waals surface area contributed by atoms with Crippen molar-refractivity contribution >= 4 is 33.0 Å². The van der Waals surface area contributed by atoms with E-state index in [1.54, 1.807) is 0 Å². The van der Waals surface area contributed by atoms with Gasteiger partial charge >= 0.3 is 0 Å². The lowest BCUT2D eigenvalue weighted by atomic mass is 10.3. The van der Waals surface area contributed by atoms with Crippen molar-refractivity contribution in [3.63, 3.8) is 0 Å². The third-order valence-electron chi connectivity index (χ3n) is 2.23. The molecule has 1 heterocycles. The molecule has 0 unspecified atom stereocenters. The van der Waals surface area contributed by atoms with E-state index >= 15 is 0 Å². The van der Waals surface area contributed by atoms with Gasteiger partial charge in [0.2, 0.25) is 5.03 Å². The molecule has 100 valence electrons. The van der Waals surface area contributed by atoms with Crippen LogP contribution in [0.15, 0.2) is 41.6 Å². The predicted octanol–water partition coefficient (Wildman–Crippen LogP) is 2.26. The lowest BCUT2D eigenvalue weighted by molar-refractivity contribution is 0.557. The first kappa shape index (κ1) is 13.6. The lowest BCUT2D eigenvalue weighted by Crippen LogP contribution is -2.16. The maximum atomic E-state index is 13.4. The van der Waals surface area contributed by atoms with Gasteiger partial charge in [-0.3, -0.25) is 4.72 Å². The number of nitrogens with zero attached hydrogens (tertiary/aromatic N) is 1. The molecule has 0 bridgehead atoms. The Labute approximate surface area is 114 Å². The Balaban J connectivity index is 2.37. The molecule has 0 aliphatic rings. The zero-order valence-electron chi connectivity index (χ0n) is 9.47. The topological polar surface area (TPSA) is 85.1 Å². The van der Waals surface area contributed by atoms with E-state index in [1.807, 2.05) is 0 Å². The van der Waals surface area contributed by atoms with Crippen molar-refractivity contribution in [2.24, 2.45) is 0 Å². The first-order valence-electron chi connectivity index (χ1n) is 5.08. The number of pyridine rings is 1. The van der Waals surface area contributed by atoms with Gasteiger partial charge < -0.3 is 5.73 Å². The summed E-state index contributed by atoms with van der Waals surface area (Å²) in [6.07, 6.45) is 1.19. The second-order valence-electron chi connectivity index (χ2n) is 3.63. The molecule has 0 fully saturated rings. The van der Waals surface area contributed by atoms with Crippen LogP contribution in [0.2, 0.25) is 5.02 Å². The first-order chi connectivity index (χ1) is 8.90. The van der Waals surface area contributed by atoms with Gasteiger partial charge in [0.05, 0.1) is 16.4 Å². The molecule has 0 spiro atoms. The molecule has 19 heavy (non-hydrogen) atoms. The summed E-state index contributed by atoms with van der Waals surface area (Å²) >= 11 is 5.72. The monoisotopic (exact) mass is 301 g/mol. The number of hydrogen-bond acceptors (Lipinski definition) is 4. The van der Waals surface area contributed by atoms with Gasteiger partial charge in [0.25, 0.3) is 10.0 Å². The van der Waals surface area contributed by atoms with Gasteiger partial charge in [-0.05, 0) is 30.3 Å². The van der Waals surface area contributed by atoms with Gasteiger partial charge in [-0.1, -0.05) is 11.6 Å². The summed E-state index contributed by atoms with van der Waals surface area (Å²) in [5, 5.41) is -0.379. The summed E-state index contributed by atoms with van der Waals surface area (Å²) < 4.78 is 39.4. The molecule has 0 aliphatic heterocycles. The number of halogens is 2. The smallest absolute Gasteiger partial charge is 0.282 e. The molecule has 3 N–H and O–H groups in total. The number of nitrogen functional groups attached to an aromatic ring is 1. The van der Waals surface area contributed by atoms with E-state index in [0.717, 1.165) is 6.07 Å². The predicted molar refractivity (Wildman–Crippen MR) is 70.9 cm³/mol. The van der Waals surface area contributed by atoms with E-state index in [4.69, 9.17) is 17.3 Å². The second kappa shape index (κ2) is 5.02. The molecule has 5 nitrogen and oxygen atoms in total. The molecule has 1 aromatic heterocycles. The minimum atomic E-state index is -4.11. The van der Waals surface area contributed by atoms with Crippen molar-refractivity contribution < 1.29 is 12.8 Å². The Bertz CT molecular complexity index is 722. The van der Waals surface area contributed by atoms with Crippen LogP contribution in [0, 0.1) is 5.82 Å². The van der Waals surface area contributed by atoms with Crippen molar-refractivity contribution in [3.8, 4) is 0 Å². The van der Waals surface area contributed by atoms with Gasteiger partial charge in [0, 0.05) is 6.20 Å². The van der Waals surface area contributed by atoms with Crippen molar-refractivity contribution in [1.82, 2.24) is 4.98 Å². The Morgan fingerprint density at radius 3 is 2.68 bits per heavy atom. The van der Waals surface area contributed by atoms with Crippen molar-refractivity contribution in [2.75, 3.05) is 10.5 Å². The highest BCUT2D eigenvalue weighted by atomic mass is 35.5. The van der Waals surface area contributed by atoms with Gasteiger partial charge in [-0.15, -0.1) is 0 Å². The molecule has 0 saturated heterocycles. The average Bonchev–Trinajstić information content (AvgIpc) is 2.34. The fourth-order valence-electron chi connectivity index (χ4n) is 1.38. The summed E-state index contributed by atoms with van der Waals surface area (Å²) in [6, 6.07) is 6.49. The summed E-state index contributed by atoms with van der Waals surface area (Å²) in [4.78, 5) is 3.50. The van der Waals surface area contributed by atoms with Crippen LogP contribution in [-0.2, 0) is 10.0 Å². The van der Waals surface area contributed by atoms with E-state index in [1.165, 1.54) is 30.5 Å². The number of nitrogens with one attached hydrogen (secondary N) is 1. The molecular formula is C11H9ClFN3O2S. The molecule has 0 amide bonds. The van der Waals surface area contributed by atoms with E-state index in [-0.39, 0.29) is 11.4 Å². The lowest BCUT2D eigenvalue weighted by Gasteiger charge is -2.09.